The molecule has 45 heavy (non-hydrogen) atoms. The van der Waals surface area contributed by atoms with Crippen LogP contribution < -0.4 is 4.72 Å². The minimum atomic E-state index is -4.72. The summed E-state index contributed by atoms with van der Waals surface area (Å²) >= 11 is 0. The maximum atomic E-state index is 13.5. The summed E-state index contributed by atoms with van der Waals surface area (Å²) in [5.41, 5.74) is 0.490. The van der Waals surface area contributed by atoms with Crippen LogP contribution in [0.1, 0.15) is 25.1 Å². The second kappa shape index (κ2) is 13.3. The molecule has 1 atom stereocenters. The lowest BCUT2D eigenvalue weighted by atomic mass is 10.1. The van der Waals surface area contributed by atoms with Crippen molar-refractivity contribution in [1.82, 2.24) is 19.5 Å². The largest absolute Gasteiger partial charge is 0.569 e. The molecule has 0 radical (unpaired) electrons. The summed E-state index contributed by atoms with van der Waals surface area (Å²) in [6.45, 7) is 4.45. The van der Waals surface area contributed by atoms with E-state index in [0.29, 0.717) is 5.56 Å². The van der Waals surface area contributed by atoms with Crippen LogP contribution in [0.2, 0.25) is 0 Å². The fourth-order valence-corrected chi connectivity index (χ4v) is 4.73. The van der Waals surface area contributed by atoms with E-state index in [2.05, 4.69) is 19.8 Å². The highest BCUT2D eigenvalue weighted by Gasteiger charge is 2.38. The van der Waals surface area contributed by atoms with E-state index in [1.807, 2.05) is 6.92 Å². The number of rotatable bonds is 10. The van der Waals surface area contributed by atoms with Crippen LogP contribution in [0.25, 0.3) is 16.9 Å². The Hall–Kier alpha value is -5.07. The van der Waals surface area contributed by atoms with Gasteiger partial charge >= 0.3 is 18.4 Å². The zero-order valence-electron chi connectivity index (χ0n) is 23.9. The third kappa shape index (κ3) is 8.31. The van der Waals surface area contributed by atoms with E-state index in [0.717, 1.165) is 33.5 Å². The number of aryl methyl sites for hydroxylation is 1. The van der Waals surface area contributed by atoms with Crippen molar-refractivity contribution in [3.8, 4) is 16.9 Å². The Morgan fingerprint density at radius 2 is 1.80 bits per heavy atom. The van der Waals surface area contributed by atoms with E-state index in [-0.39, 0.29) is 40.9 Å². The molecule has 0 spiro atoms. The second-order valence-corrected chi connectivity index (χ2v) is 11.2. The third-order valence-corrected chi connectivity index (χ3v) is 7.42. The fourth-order valence-electron chi connectivity index (χ4n) is 3.86. The van der Waals surface area contributed by atoms with Crippen LogP contribution in [0.4, 0.5) is 22.8 Å². The summed E-state index contributed by atoms with van der Waals surface area (Å²) < 4.78 is 82.9. The number of alkyl halides is 3. The van der Waals surface area contributed by atoms with E-state index in [4.69, 9.17) is 9.57 Å². The van der Waals surface area contributed by atoms with Gasteiger partial charge in [-0.3, -0.25) is 4.84 Å². The number of benzene rings is 2. The first-order valence-electron chi connectivity index (χ1n) is 13.2. The summed E-state index contributed by atoms with van der Waals surface area (Å²) in [4.78, 5) is 27.8. The molecule has 0 aliphatic carbocycles. The molecule has 0 bridgehead atoms. The monoisotopic (exact) mass is 656 g/mol. The first-order chi connectivity index (χ1) is 21.2. The number of sulfonamides is 1. The maximum Gasteiger partial charge on any atom is 0.511 e. The minimum Gasteiger partial charge on any atom is -0.569 e. The number of nitrogens with one attached hydrogen (secondary N) is 1. The molecule has 1 unspecified atom stereocenters. The Labute approximate surface area is 254 Å². The van der Waals surface area contributed by atoms with Crippen LogP contribution in [0.15, 0.2) is 64.8 Å². The van der Waals surface area contributed by atoms with Crippen molar-refractivity contribution in [3.05, 3.63) is 71.1 Å². The average molecular weight is 657 g/mol. The molecular weight excluding hydrogens is 629 g/mol. The molecule has 1 fully saturated rings. The number of carbonyl (C=O) groups is 2. The van der Waals surface area contributed by atoms with Crippen LogP contribution in [0, 0.1) is 12.1 Å². The molecule has 0 saturated carbocycles. The highest BCUT2D eigenvalue weighted by molar-refractivity contribution is 7.90. The van der Waals surface area contributed by atoms with E-state index < -0.39 is 46.5 Å². The standard InChI is InChI=1S/C26H27F3N6O9S/c1-4-41-25(37)42-17(3)44-32-35(38)33-14-20(15-33)43-24(36)31-45(39,40)21-11-9-19(10-12-21)34-22(13-23(30-34)26(27,28)29)18-7-5-16(2)6-8-18/h5-13,17,20H,4,14-15H2,1-3H3,(H,31,36)/b35-32+. The molecule has 1 aromatic heterocycles. The van der Waals surface area contributed by atoms with Crippen LogP contribution >= 0.6 is 0 Å². The molecule has 1 amide bonds. The van der Waals surface area contributed by atoms with Crippen molar-refractivity contribution >= 4 is 22.3 Å². The summed E-state index contributed by atoms with van der Waals surface area (Å²) in [6.07, 6.45) is -9.16. The van der Waals surface area contributed by atoms with Crippen LogP contribution in [0.5, 0.6) is 0 Å². The van der Waals surface area contributed by atoms with Gasteiger partial charge in [-0.1, -0.05) is 29.8 Å². The molecule has 15 nitrogen and oxygen atoms in total. The van der Waals surface area contributed by atoms with Crippen LogP contribution in [0.3, 0.4) is 0 Å². The summed E-state index contributed by atoms with van der Waals surface area (Å²) in [5.74, 6) is 0. The SMILES string of the molecule is CCOC(=O)OC(C)O/N=[N+](/[O-])N1CC(OC(=O)NS(=O)(=O)c2ccc(-n3nc(C(F)(F)F)cc3-c3ccc(C)cc3)cc2)C1. The smallest absolute Gasteiger partial charge is 0.511 e. The van der Waals surface area contributed by atoms with Gasteiger partial charge in [-0.2, -0.15) is 18.3 Å². The quantitative estimate of drug-likeness (QED) is 0.108. The molecule has 2 heterocycles. The number of amides is 1. The lowest BCUT2D eigenvalue weighted by molar-refractivity contribution is -0.728. The number of carbonyl (C=O) groups excluding carboxylic acids is 2. The van der Waals surface area contributed by atoms with Crippen molar-refractivity contribution < 1.29 is 55.2 Å². The molecule has 19 heteroatoms. The minimum absolute atomic E-state index is 0.0303. The highest BCUT2D eigenvalue weighted by Crippen LogP contribution is 2.33. The number of hydrogen-bond acceptors (Lipinski definition) is 11. The van der Waals surface area contributed by atoms with E-state index >= 15 is 0 Å². The Balaban J connectivity index is 1.35. The Kier molecular flexibility index (Phi) is 9.69. The Bertz CT molecular complexity index is 1660. The summed E-state index contributed by atoms with van der Waals surface area (Å²) in [6, 6.07) is 12.3. The van der Waals surface area contributed by atoms with E-state index in [1.165, 1.54) is 19.1 Å². The first kappa shape index (κ1) is 32.8. The molecule has 1 saturated heterocycles. The van der Waals surface area contributed by atoms with Gasteiger partial charge in [0, 0.05) is 12.5 Å². The third-order valence-electron chi connectivity index (χ3n) is 6.09. The van der Waals surface area contributed by atoms with Crippen molar-refractivity contribution in [1.29, 1.82) is 0 Å². The van der Waals surface area contributed by atoms with Gasteiger partial charge in [0.15, 0.2) is 5.69 Å². The predicted molar refractivity (Wildman–Crippen MR) is 146 cm³/mol. The molecular formula is C26H27F3N6O9S. The van der Waals surface area contributed by atoms with Gasteiger partial charge in [-0.05, 0) is 44.2 Å². The maximum absolute atomic E-state index is 13.5. The average Bonchev–Trinajstić information content (AvgIpc) is 3.40. The molecule has 242 valence electrons. The van der Waals surface area contributed by atoms with Gasteiger partial charge < -0.3 is 19.4 Å². The van der Waals surface area contributed by atoms with Crippen molar-refractivity contribution in [2.75, 3.05) is 19.7 Å². The van der Waals surface area contributed by atoms with Gasteiger partial charge in [-0.15, -0.1) is 5.01 Å². The van der Waals surface area contributed by atoms with Gasteiger partial charge in [-0.25, -0.2) is 27.4 Å². The summed E-state index contributed by atoms with van der Waals surface area (Å²) in [7, 11) is -4.45. The molecule has 4 rings (SSSR count). The van der Waals surface area contributed by atoms with Crippen molar-refractivity contribution in [2.24, 2.45) is 5.28 Å². The molecule has 1 aliphatic rings. The normalized spacial score (nSPS) is 14.7. The number of nitrogens with zero attached hydrogens (tertiary/aromatic N) is 5. The van der Waals surface area contributed by atoms with E-state index in [1.54, 1.807) is 35.9 Å². The Morgan fingerprint density at radius 3 is 2.40 bits per heavy atom. The van der Waals surface area contributed by atoms with Gasteiger partial charge in [0.1, 0.15) is 19.2 Å². The molecule has 2 aromatic carbocycles. The topological polar surface area (TPSA) is 177 Å². The summed E-state index contributed by atoms with van der Waals surface area (Å²) in [5, 5.41) is 19.9. The lowest BCUT2D eigenvalue weighted by Gasteiger charge is -2.33. The predicted octanol–water partition coefficient (Wildman–Crippen LogP) is 4.29. The number of aromatic nitrogens is 2. The fraction of sp³-hybridized carbons (Fsp3) is 0.346. The van der Waals surface area contributed by atoms with Crippen molar-refractivity contribution in [3.63, 3.8) is 0 Å². The van der Waals surface area contributed by atoms with E-state index in [9.17, 15) is 36.4 Å². The van der Waals surface area contributed by atoms with Gasteiger partial charge in [0.2, 0.25) is 5.28 Å². The molecule has 1 N–H and O–H groups in total. The first-order valence-corrected chi connectivity index (χ1v) is 14.6. The number of ether oxygens (including phenoxy) is 3. The molecule has 1 aliphatic heterocycles. The van der Waals surface area contributed by atoms with Gasteiger partial charge in [0.05, 0.1) is 27.9 Å². The zero-order valence-corrected chi connectivity index (χ0v) is 24.7. The number of hydrogen-bond donors (Lipinski definition) is 1. The second-order valence-electron chi connectivity index (χ2n) is 9.50. The number of halogens is 3. The zero-order chi connectivity index (χ0) is 32.9. The number of hydrazine groups is 1. The van der Waals surface area contributed by atoms with Crippen molar-refractivity contribution in [2.45, 2.75) is 44.2 Å². The van der Waals surface area contributed by atoms with Crippen LogP contribution in [-0.2, 0) is 35.2 Å². The van der Waals surface area contributed by atoms with Gasteiger partial charge in [0.25, 0.3) is 16.3 Å². The lowest BCUT2D eigenvalue weighted by Crippen LogP contribution is -2.56. The molecule has 3 aromatic rings. The van der Waals surface area contributed by atoms with Crippen LogP contribution in [-0.4, -0.2) is 72.5 Å². The highest BCUT2D eigenvalue weighted by atomic mass is 32.2. The Morgan fingerprint density at radius 1 is 1.16 bits per heavy atom.